The van der Waals surface area contributed by atoms with Crippen LogP contribution in [0.3, 0.4) is 0 Å². The van der Waals surface area contributed by atoms with E-state index in [2.05, 4.69) is 12.2 Å². The normalized spacial score (nSPS) is 12.9. The highest BCUT2D eigenvalue weighted by Crippen LogP contribution is 2.40. The maximum absolute atomic E-state index is 11.7. The van der Waals surface area contributed by atoms with Gasteiger partial charge in [0.1, 0.15) is 0 Å². The maximum atomic E-state index is 11.7. The quantitative estimate of drug-likeness (QED) is 0.222. The number of rotatable bonds is 9. The Kier molecular flexibility index (Phi) is 9.96. The first-order chi connectivity index (χ1) is 9.20. The van der Waals surface area contributed by atoms with Crippen molar-refractivity contribution in [1.29, 1.82) is 0 Å². The molecule has 2 nitrogen and oxygen atoms in total. The van der Waals surface area contributed by atoms with Crippen LogP contribution < -0.4 is 0 Å². The van der Waals surface area contributed by atoms with Crippen molar-refractivity contribution in [3.8, 4) is 0 Å². The molecule has 0 unspecified atom stereocenters. The molecule has 0 spiro atoms. The van der Waals surface area contributed by atoms with E-state index in [-0.39, 0.29) is 5.97 Å². The van der Waals surface area contributed by atoms with Crippen molar-refractivity contribution in [2.24, 2.45) is 0 Å². The molecular weight excluding hydrogens is 319 g/mol. The van der Waals surface area contributed by atoms with Crippen molar-refractivity contribution in [2.45, 2.75) is 75.1 Å². The smallest absolute Gasteiger partial charge is 0.306 e. The van der Waals surface area contributed by atoms with Crippen LogP contribution >= 0.6 is 34.8 Å². The number of alkyl halides is 3. The Labute approximate surface area is 137 Å². The Morgan fingerprint density at radius 1 is 1.05 bits per heavy atom. The van der Waals surface area contributed by atoms with Gasteiger partial charge in [0, 0.05) is 6.42 Å². The second kappa shape index (κ2) is 9.92. The van der Waals surface area contributed by atoms with Crippen LogP contribution in [0.1, 0.15) is 65.7 Å². The van der Waals surface area contributed by atoms with Crippen molar-refractivity contribution in [3.05, 3.63) is 12.2 Å². The Bertz CT molecular complexity index is 307. The molecule has 5 heteroatoms. The maximum Gasteiger partial charge on any atom is 0.306 e. The molecule has 0 amide bonds. The third kappa shape index (κ3) is 9.10. The monoisotopic (exact) mass is 342 g/mol. The highest BCUT2D eigenvalue weighted by Gasteiger charge is 2.43. The predicted molar refractivity (Wildman–Crippen MR) is 87.6 cm³/mol. The molecule has 0 saturated heterocycles. The summed E-state index contributed by atoms with van der Waals surface area (Å²) in [6, 6.07) is 0. The van der Waals surface area contributed by atoms with Crippen molar-refractivity contribution in [3.63, 3.8) is 0 Å². The van der Waals surface area contributed by atoms with Crippen LogP contribution in [0.25, 0.3) is 0 Å². The van der Waals surface area contributed by atoms with Crippen molar-refractivity contribution < 1.29 is 9.53 Å². The van der Waals surface area contributed by atoms with Crippen molar-refractivity contribution >= 4 is 40.8 Å². The molecule has 0 rings (SSSR count). The lowest BCUT2D eigenvalue weighted by Gasteiger charge is -2.31. The molecule has 0 fully saturated rings. The SMILES string of the molecule is C/C=C/CCCCCCCC(=O)OC(C)(C)C(Cl)(Cl)Cl. The minimum atomic E-state index is -1.62. The number of carbonyl (C=O) groups excluding carboxylic acids is 1. The van der Waals surface area contributed by atoms with E-state index in [1.165, 1.54) is 12.8 Å². The highest BCUT2D eigenvalue weighted by atomic mass is 35.6. The number of hydrogen-bond donors (Lipinski definition) is 0. The number of hydrogen-bond acceptors (Lipinski definition) is 2. The summed E-state index contributed by atoms with van der Waals surface area (Å²) in [5.41, 5.74) is -1.11. The van der Waals surface area contributed by atoms with Crippen LogP contribution in [0.4, 0.5) is 0 Å². The van der Waals surface area contributed by atoms with E-state index in [1.54, 1.807) is 13.8 Å². The Morgan fingerprint density at radius 3 is 2.15 bits per heavy atom. The second-order valence-corrected chi connectivity index (χ2v) is 7.64. The fraction of sp³-hybridized carbons (Fsp3) is 0.800. The van der Waals surface area contributed by atoms with E-state index in [4.69, 9.17) is 39.5 Å². The fourth-order valence-corrected chi connectivity index (χ4v) is 1.74. The molecule has 0 aliphatic carbocycles. The summed E-state index contributed by atoms with van der Waals surface area (Å²) < 4.78 is 3.60. The lowest BCUT2D eigenvalue weighted by molar-refractivity contribution is -0.156. The number of esters is 1. The van der Waals surface area contributed by atoms with Gasteiger partial charge in [-0.2, -0.15) is 0 Å². The third-order valence-electron chi connectivity index (χ3n) is 3.04. The molecule has 0 heterocycles. The number of allylic oxidation sites excluding steroid dienone is 2. The average molecular weight is 344 g/mol. The first-order valence-corrected chi connectivity index (χ1v) is 8.24. The van der Waals surface area contributed by atoms with Gasteiger partial charge in [-0.15, -0.1) is 0 Å². The summed E-state index contributed by atoms with van der Waals surface area (Å²) in [5, 5.41) is 0. The van der Waals surface area contributed by atoms with Crippen molar-refractivity contribution in [2.75, 3.05) is 0 Å². The van der Waals surface area contributed by atoms with Crippen LogP contribution in [-0.2, 0) is 9.53 Å². The molecular formula is C15H25Cl3O2. The molecule has 0 aromatic rings. The molecule has 20 heavy (non-hydrogen) atoms. The average Bonchev–Trinajstić information content (AvgIpc) is 2.30. The summed E-state index contributed by atoms with van der Waals surface area (Å²) in [5.74, 6) is -0.310. The Morgan fingerprint density at radius 2 is 1.60 bits per heavy atom. The predicted octanol–water partition coefficient (Wildman–Crippen LogP) is 5.99. The molecule has 0 radical (unpaired) electrons. The van der Waals surface area contributed by atoms with Gasteiger partial charge in [0.2, 0.25) is 3.79 Å². The van der Waals surface area contributed by atoms with E-state index in [1.807, 2.05) is 6.92 Å². The molecule has 0 saturated carbocycles. The summed E-state index contributed by atoms with van der Waals surface area (Å²) >= 11 is 17.3. The molecule has 0 aromatic carbocycles. The molecule has 0 bridgehead atoms. The number of ether oxygens (including phenoxy) is 1. The van der Waals surface area contributed by atoms with E-state index in [9.17, 15) is 4.79 Å². The topological polar surface area (TPSA) is 26.3 Å². The number of halogens is 3. The van der Waals surface area contributed by atoms with Crippen molar-refractivity contribution in [1.82, 2.24) is 0 Å². The molecule has 118 valence electrons. The van der Waals surface area contributed by atoms with Crippen LogP contribution in [0.2, 0.25) is 0 Å². The molecule has 0 aliphatic heterocycles. The number of unbranched alkanes of at least 4 members (excludes halogenated alkanes) is 5. The zero-order chi connectivity index (χ0) is 15.6. The minimum absolute atomic E-state index is 0.310. The van der Waals surface area contributed by atoms with E-state index >= 15 is 0 Å². The zero-order valence-electron chi connectivity index (χ0n) is 12.6. The fourth-order valence-electron chi connectivity index (χ4n) is 1.62. The summed E-state index contributed by atoms with van der Waals surface area (Å²) in [6.45, 7) is 5.22. The van der Waals surface area contributed by atoms with Gasteiger partial charge in [-0.1, -0.05) is 66.2 Å². The van der Waals surface area contributed by atoms with Gasteiger partial charge in [-0.25, -0.2) is 0 Å². The van der Waals surface area contributed by atoms with Gasteiger partial charge >= 0.3 is 5.97 Å². The second-order valence-electron chi connectivity index (χ2n) is 5.36. The van der Waals surface area contributed by atoms with Crippen LogP contribution in [-0.4, -0.2) is 15.4 Å². The zero-order valence-corrected chi connectivity index (χ0v) is 14.8. The third-order valence-corrected chi connectivity index (χ3v) is 4.40. The van der Waals surface area contributed by atoms with E-state index < -0.39 is 9.39 Å². The molecule has 0 atom stereocenters. The van der Waals surface area contributed by atoms with Crippen LogP contribution in [0, 0.1) is 0 Å². The first-order valence-electron chi connectivity index (χ1n) is 7.10. The van der Waals surface area contributed by atoms with E-state index in [0.717, 1.165) is 25.7 Å². The van der Waals surface area contributed by atoms with Gasteiger partial charge in [-0.05, 0) is 40.0 Å². The van der Waals surface area contributed by atoms with Gasteiger partial charge < -0.3 is 4.74 Å². The molecule has 0 N–H and O–H groups in total. The Balaban J connectivity index is 3.69. The van der Waals surface area contributed by atoms with Gasteiger partial charge in [0.05, 0.1) is 0 Å². The van der Waals surface area contributed by atoms with Gasteiger partial charge in [0.25, 0.3) is 0 Å². The summed E-state index contributed by atoms with van der Waals surface area (Å²) in [6.07, 6.45) is 11.1. The highest BCUT2D eigenvalue weighted by molar-refractivity contribution is 6.68. The molecule has 0 aliphatic rings. The summed E-state index contributed by atoms with van der Waals surface area (Å²) in [4.78, 5) is 11.7. The lowest BCUT2D eigenvalue weighted by atomic mass is 10.1. The van der Waals surface area contributed by atoms with E-state index in [0.29, 0.717) is 6.42 Å². The standard InChI is InChI=1S/C15H25Cl3O2/c1-4-5-6-7-8-9-10-11-12-13(19)20-14(2,3)15(16,17)18/h4-5H,6-12H2,1-3H3/b5-4+. The van der Waals surface area contributed by atoms with Gasteiger partial charge in [0.15, 0.2) is 5.60 Å². The largest absolute Gasteiger partial charge is 0.455 e. The number of carbonyl (C=O) groups is 1. The van der Waals surface area contributed by atoms with Gasteiger partial charge in [-0.3, -0.25) is 4.79 Å². The molecule has 0 aromatic heterocycles. The van der Waals surface area contributed by atoms with Crippen LogP contribution in [0.15, 0.2) is 12.2 Å². The lowest BCUT2D eigenvalue weighted by Crippen LogP contribution is -2.41. The summed E-state index contributed by atoms with van der Waals surface area (Å²) in [7, 11) is 0. The first kappa shape index (κ1) is 20.1. The van der Waals surface area contributed by atoms with Crippen LogP contribution in [0.5, 0.6) is 0 Å². The Hall–Kier alpha value is 0.0800. The minimum Gasteiger partial charge on any atom is -0.455 e.